The maximum atomic E-state index is 9.59. The van der Waals surface area contributed by atoms with Gasteiger partial charge in [0, 0.05) is 0 Å². The minimum absolute atomic E-state index is 0.215. The molecule has 0 aromatic rings. The van der Waals surface area contributed by atoms with Crippen molar-refractivity contribution >= 4 is 27.7 Å². The zero-order chi connectivity index (χ0) is 4.28. The van der Waals surface area contributed by atoms with Crippen molar-refractivity contribution in [3.05, 3.63) is 0 Å². The van der Waals surface area contributed by atoms with Gasteiger partial charge in [-0.25, -0.2) is 0 Å². The quantitative estimate of drug-likeness (QED) is 0.342. The van der Waals surface area contributed by atoms with Crippen LogP contribution >= 0.6 is 22.1 Å². The van der Waals surface area contributed by atoms with E-state index < -0.39 is 0 Å². The van der Waals surface area contributed by atoms with Gasteiger partial charge in [0.25, 0.3) is 0 Å². The summed E-state index contributed by atoms with van der Waals surface area (Å²) in [4.78, 5) is 9.59. The van der Waals surface area contributed by atoms with E-state index in [1.54, 1.807) is 0 Å². The van der Waals surface area contributed by atoms with Gasteiger partial charge >= 0.3 is 0 Å². The van der Waals surface area contributed by atoms with Gasteiger partial charge < -0.3 is 0 Å². The van der Waals surface area contributed by atoms with Crippen molar-refractivity contribution < 1.29 is 4.79 Å². The predicted octanol–water partition coefficient (Wildman–Crippen LogP) is 0.416. The highest BCUT2D eigenvalue weighted by Gasteiger charge is 1.74. The second-order valence-corrected chi connectivity index (χ2v) is 1.22. The lowest BCUT2D eigenvalue weighted by molar-refractivity contribution is 0.265. The van der Waals surface area contributed by atoms with Crippen LogP contribution in [0.5, 0.6) is 0 Å². The summed E-state index contributed by atoms with van der Waals surface area (Å²) in [5, 5.41) is 0. The Balaban J connectivity index is 2.85. The Morgan fingerprint density at radius 2 is 2.20 bits per heavy atom. The van der Waals surface area contributed by atoms with Gasteiger partial charge in [0.05, 0.1) is 0 Å². The molecular formula is CH4NOPS. The molecule has 1 unspecified atom stereocenters. The molecule has 0 aromatic carbocycles. The average molecular weight is 109 g/mol. The fourth-order valence-electron chi connectivity index (χ4n) is 0. The largest absolute Gasteiger partial charge is 0.300 e. The van der Waals surface area contributed by atoms with Gasteiger partial charge in [0.1, 0.15) is 0 Å². The van der Waals surface area contributed by atoms with Gasteiger partial charge in [-0.15, -0.1) is 0 Å². The van der Waals surface area contributed by atoms with E-state index in [0.29, 0.717) is 0 Å². The highest BCUT2D eigenvalue weighted by Crippen LogP contribution is 1.79. The zero-order valence-electron chi connectivity index (χ0n) is 2.43. The first-order valence-electron chi connectivity index (χ1n) is 0.966. The van der Waals surface area contributed by atoms with Crippen LogP contribution in [0.2, 0.25) is 0 Å². The molecule has 2 nitrogen and oxygen atoms in total. The van der Waals surface area contributed by atoms with Gasteiger partial charge in [-0.1, -0.05) is 12.8 Å². The third-order valence-corrected chi connectivity index (χ3v) is 0.718. The van der Waals surface area contributed by atoms with Gasteiger partial charge in [-0.3, -0.25) is 9.52 Å². The molecule has 0 aliphatic heterocycles. The van der Waals surface area contributed by atoms with E-state index in [-0.39, 0.29) is 5.65 Å². The van der Waals surface area contributed by atoms with E-state index in [1.807, 2.05) is 14.0 Å². The van der Waals surface area contributed by atoms with E-state index in [9.17, 15) is 4.79 Å². The number of thiol groups is 1. The van der Waals surface area contributed by atoms with Crippen LogP contribution in [0.25, 0.3) is 0 Å². The molecule has 0 aromatic heterocycles. The molecule has 1 N–H and O–H groups in total. The first-order chi connectivity index (χ1) is 2.27. The van der Waals surface area contributed by atoms with Crippen LogP contribution < -0.4 is 4.72 Å². The summed E-state index contributed by atoms with van der Waals surface area (Å²) in [6.07, 6.45) is 0. The number of carbonyl (C=O) groups excluding carboxylic acids is 1. The Labute approximate surface area is 38.1 Å². The second kappa shape index (κ2) is 2.49. The standard InChI is InChI=1S/CH4NOPS/c3-1(4)2-5/h5H,4H2,(H,2,3). The highest BCUT2D eigenvalue weighted by atomic mass is 32.1. The summed E-state index contributed by atoms with van der Waals surface area (Å²) < 4.78 is 2.05. The Kier molecular flexibility index (Phi) is 2.61. The van der Waals surface area contributed by atoms with E-state index >= 15 is 0 Å². The molecule has 0 spiro atoms. The van der Waals surface area contributed by atoms with E-state index in [0.717, 1.165) is 0 Å². The molecule has 0 bridgehead atoms. The van der Waals surface area contributed by atoms with Gasteiger partial charge in [0.2, 0.25) is 5.65 Å². The molecule has 4 heteroatoms. The summed E-state index contributed by atoms with van der Waals surface area (Å²) in [5.74, 6) is 0. The van der Waals surface area contributed by atoms with Crippen molar-refractivity contribution in [2.24, 2.45) is 0 Å². The minimum atomic E-state index is -0.215. The summed E-state index contributed by atoms with van der Waals surface area (Å²) >= 11 is 3.40. The van der Waals surface area contributed by atoms with Gasteiger partial charge in [-0.2, -0.15) is 0 Å². The predicted molar refractivity (Wildman–Crippen MR) is 27.2 cm³/mol. The molecule has 0 radical (unpaired) electrons. The first kappa shape index (κ1) is 5.25. The average Bonchev–Trinajstić information content (AvgIpc) is 1.38. The number of hydrogen-bond donors (Lipinski definition) is 2. The lowest BCUT2D eigenvalue weighted by atomic mass is 11.5. The summed E-state index contributed by atoms with van der Waals surface area (Å²) in [7, 11) is 1.91. The number of hydrogen-bond acceptors (Lipinski definition) is 2. The third kappa shape index (κ3) is 4.25. The molecule has 0 saturated heterocycles. The Morgan fingerprint density at radius 3 is 2.20 bits per heavy atom. The van der Waals surface area contributed by atoms with Gasteiger partial charge in [-0.05, 0) is 9.24 Å². The first-order valence-corrected chi connectivity index (χ1v) is 1.99. The molecule has 0 fully saturated rings. The van der Waals surface area contributed by atoms with Crippen LogP contribution in [0.1, 0.15) is 0 Å². The van der Waals surface area contributed by atoms with E-state index in [4.69, 9.17) is 0 Å². The molecule has 30 valence electrons. The highest BCUT2D eigenvalue weighted by molar-refractivity contribution is 7.79. The molecule has 1 amide bonds. The fraction of sp³-hybridized carbons (Fsp3) is 0. The monoisotopic (exact) mass is 109 g/mol. The molecule has 0 rings (SSSR count). The number of amides is 1. The maximum Gasteiger partial charge on any atom is 0.244 e. The van der Waals surface area contributed by atoms with Crippen LogP contribution in [0.3, 0.4) is 0 Å². The van der Waals surface area contributed by atoms with Crippen LogP contribution in [0.15, 0.2) is 0 Å². The SMILES string of the molecule is O=C(P)NS. The molecule has 0 heterocycles. The zero-order valence-corrected chi connectivity index (χ0v) is 4.48. The molecule has 1 atom stereocenters. The summed E-state index contributed by atoms with van der Waals surface area (Å²) in [5.41, 5.74) is -0.215. The van der Waals surface area contributed by atoms with Crippen molar-refractivity contribution in [3.63, 3.8) is 0 Å². The van der Waals surface area contributed by atoms with Crippen molar-refractivity contribution in [2.75, 3.05) is 0 Å². The molecule has 5 heavy (non-hydrogen) atoms. The molecule has 0 aliphatic rings. The van der Waals surface area contributed by atoms with E-state index in [2.05, 4.69) is 12.8 Å². The van der Waals surface area contributed by atoms with Gasteiger partial charge in [0.15, 0.2) is 0 Å². The normalized spacial score (nSPS) is 6.80. The van der Waals surface area contributed by atoms with Crippen molar-refractivity contribution in [2.45, 2.75) is 0 Å². The third-order valence-electron chi connectivity index (χ3n) is 0.110. The molecule has 0 saturated carbocycles. The second-order valence-electron chi connectivity index (χ2n) is 0.476. The lowest BCUT2D eigenvalue weighted by Crippen LogP contribution is -1.97. The van der Waals surface area contributed by atoms with Crippen molar-refractivity contribution in [1.29, 1.82) is 0 Å². The van der Waals surface area contributed by atoms with Crippen molar-refractivity contribution in [3.8, 4) is 0 Å². The molecular weight excluding hydrogens is 105 g/mol. The topological polar surface area (TPSA) is 29.1 Å². The summed E-state index contributed by atoms with van der Waals surface area (Å²) in [6, 6.07) is 0. The number of carbonyl (C=O) groups is 1. The summed E-state index contributed by atoms with van der Waals surface area (Å²) in [6.45, 7) is 0. The minimum Gasteiger partial charge on any atom is -0.300 e. The number of nitrogens with one attached hydrogen (secondary N) is 1. The Hall–Kier alpha value is 0.250. The fourth-order valence-corrected chi connectivity index (χ4v) is 0. The molecule has 0 aliphatic carbocycles. The number of rotatable bonds is 0. The van der Waals surface area contributed by atoms with Crippen LogP contribution in [0, 0.1) is 0 Å². The maximum absolute atomic E-state index is 9.59. The van der Waals surface area contributed by atoms with Crippen LogP contribution in [-0.2, 0) is 0 Å². The van der Waals surface area contributed by atoms with Crippen LogP contribution in [-0.4, -0.2) is 5.65 Å². The van der Waals surface area contributed by atoms with Crippen molar-refractivity contribution in [1.82, 2.24) is 4.72 Å². The Bertz CT molecular complexity index is 46.9. The Morgan fingerprint density at radius 1 is 2.00 bits per heavy atom. The lowest BCUT2D eigenvalue weighted by Gasteiger charge is -1.78. The smallest absolute Gasteiger partial charge is 0.244 e. The van der Waals surface area contributed by atoms with E-state index in [1.165, 1.54) is 0 Å². The van der Waals surface area contributed by atoms with Crippen LogP contribution in [0.4, 0.5) is 4.79 Å².